The van der Waals surface area contributed by atoms with Gasteiger partial charge >= 0.3 is 0 Å². The highest BCUT2D eigenvalue weighted by atomic mass is 28.3. The smallest absolute Gasteiger partial charge is 0.179 e. The van der Waals surface area contributed by atoms with E-state index < -0.39 is 8.07 Å². The van der Waals surface area contributed by atoms with Crippen molar-refractivity contribution < 1.29 is 4.42 Å². The predicted octanol–water partition coefficient (Wildman–Crippen LogP) is 9.75. The van der Waals surface area contributed by atoms with Crippen molar-refractivity contribution in [1.29, 1.82) is 5.26 Å². The third kappa shape index (κ3) is 4.17. The van der Waals surface area contributed by atoms with Gasteiger partial charge in [-0.15, -0.1) is 0 Å². The van der Waals surface area contributed by atoms with Gasteiger partial charge in [-0.2, -0.15) is 5.26 Å². The molecular weight excluding hydrogens is 589 g/mol. The number of para-hydroxylation sites is 2. The molecule has 1 atom stereocenters. The average Bonchev–Trinajstić information content (AvgIpc) is 3.69. The number of benzene rings is 5. The summed E-state index contributed by atoms with van der Waals surface area (Å²) in [6.45, 7) is 0. The third-order valence-electron chi connectivity index (χ3n) is 10.1. The molecule has 3 nitrogen and oxygen atoms in total. The van der Waals surface area contributed by atoms with Gasteiger partial charge in [0.1, 0.15) is 11.2 Å². The number of allylic oxidation sites excluding steroid dienone is 8. The van der Waals surface area contributed by atoms with Crippen LogP contribution in [0, 0.1) is 11.3 Å². The largest absolute Gasteiger partial charge is 0.456 e. The number of furan rings is 1. The van der Waals surface area contributed by atoms with E-state index in [9.17, 15) is 5.26 Å². The van der Waals surface area contributed by atoms with E-state index in [-0.39, 0.29) is 0 Å². The van der Waals surface area contributed by atoms with Crippen LogP contribution in [0.25, 0.3) is 49.4 Å². The van der Waals surface area contributed by atoms with Gasteiger partial charge in [-0.1, -0.05) is 108 Å². The zero-order chi connectivity index (χ0) is 31.4. The summed E-state index contributed by atoms with van der Waals surface area (Å²) >= 11 is 0. The van der Waals surface area contributed by atoms with Gasteiger partial charge in [-0.25, -0.2) is 0 Å². The number of nitrogens with zero attached hydrogens (tertiary/aromatic N) is 2. The summed E-state index contributed by atoms with van der Waals surface area (Å²) in [5.41, 5.74) is 5.82. The van der Waals surface area contributed by atoms with Crippen molar-refractivity contribution in [2.24, 2.45) is 0 Å². The number of hydrogen-bond acceptors (Lipinski definition) is 2. The number of rotatable bonds is 5. The van der Waals surface area contributed by atoms with Gasteiger partial charge in [0.2, 0.25) is 0 Å². The van der Waals surface area contributed by atoms with Crippen molar-refractivity contribution in [3.63, 3.8) is 0 Å². The van der Waals surface area contributed by atoms with Crippen molar-refractivity contribution >= 4 is 62.2 Å². The molecule has 0 saturated heterocycles. The van der Waals surface area contributed by atoms with Crippen molar-refractivity contribution in [3.05, 3.63) is 162 Å². The van der Waals surface area contributed by atoms with E-state index >= 15 is 0 Å². The highest BCUT2D eigenvalue weighted by Crippen LogP contribution is 2.39. The molecule has 0 spiro atoms. The quantitative estimate of drug-likeness (QED) is 0.180. The molecule has 0 fully saturated rings. The van der Waals surface area contributed by atoms with Gasteiger partial charge < -0.3 is 8.98 Å². The Labute approximate surface area is 274 Å². The maximum absolute atomic E-state index is 9.91. The molecule has 7 aromatic rings. The van der Waals surface area contributed by atoms with Gasteiger partial charge in [-0.05, 0) is 83.7 Å². The summed E-state index contributed by atoms with van der Waals surface area (Å²) in [5.74, 6) is 0. The first-order valence-electron chi connectivity index (χ1n) is 16.5. The molecule has 0 radical (unpaired) electrons. The van der Waals surface area contributed by atoms with Crippen LogP contribution in [-0.4, -0.2) is 12.6 Å². The maximum atomic E-state index is 9.91. The zero-order valence-corrected chi connectivity index (χ0v) is 27.0. The minimum Gasteiger partial charge on any atom is -0.456 e. The summed E-state index contributed by atoms with van der Waals surface area (Å²) in [7, 11) is -2.86. The molecule has 47 heavy (non-hydrogen) atoms. The van der Waals surface area contributed by atoms with Crippen molar-refractivity contribution in [1.82, 2.24) is 4.57 Å². The molecule has 0 saturated carbocycles. The molecule has 2 aliphatic carbocycles. The van der Waals surface area contributed by atoms with Gasteiger partial charge in [0, 0.05) is 27.2 Å². The van der Waals surface area contributed by atoms with Crippen LogP contribution in [0.2, 0.25) is 0 Å². The number of fused-ring (bicyclic) bond motifs is 6. The first kappa shape index (κ1) is 27.7. The maximum Gasteiger partial charge on any atom is 0.179 e. The molecular formula is C43H32N2OSi. The number of nitriles is 1. The Balaban J connectivity index is 1.50. The molecule has 9 rings (SSSR count). The van der Waals surface area contributed by atoms with Gasteiger partial charge in [0.05, 0.1) is 22.7 Å². The van der Waals surface area contributed by atoms with Crippen LogP contribution in [0.3, 0.4) is 0 Å². The topological polar surface area (TPSA) is 41.9 Å². The van der Waals surface area contributed by atoms with E-state index in [1.54, 1.807) is 0 Å². The predicted molar refractivity (Wildman–Crippen MR) is 197 cm³/mol. The first-order valence-corrected chi connectivity index (χ1v) is 18.5. The lowest BCUT2D eigenvalue weighted by molar-refractivity contribution is 0.671. The van der Waals surface area contributed by atoms with E-state index in [1.807, 2.05) is 18.2 Å². The summed E-state index contributed by atoms with van der Waals surface area (Å²) in [6, 6.07) is 41.5. The van der Waals surface area contributed by atoms with Crippen LogP contribution in [0.5, 0.6) is 0 Å². The van der Waals surface area contributed by atoms with E-state index in [0.717, 1.165) is 53.3 Å². The van der Waals surface area contributed by atoms with Crippen molar-refractivity contribution in [3.8, 4) is 11.8 Å². The first-order chi connectivity index (χ1) is 23.3. The molecule has 2 aliphatic rings. The van der Waals surface area contributed by atoms with Gasteiger partial charge in [0.15, 0.2) is 8.07 Å². The highest BCUT2D eigenvalue weighted by molar-refractivity contribution is 7.13. The second-order valence-electron chi connectivity index (χ2n) is 12.6. The highest BCUT2D eigenvalue weighted by Gasteiger charge is 2.46. The van der Waals surface area contributed by atoms with Gasteiger partial charge in [-0.3, -0.25) is 0 Å². The standard InChI is InChI=1S/C43H32N2OSi/c44-29-30-24-25-41-37(26-30)38-27-31(45-39-22-12-10-20-35(39)36-21-11-13-23-40(36)45)28-42(43(38)46-41)47(32-14-4-1-5-15-32,33-16-6-2-7-17-33)34-18-8-3-9-19-34/h1-2,4-6,8,10-16,18-28H,3,7,9,17H2. The molecule has 224 valence electrons. The van der Waals surface area contributed by atoms with E-state index in [2.05, 4.69) is 138 Å². The number of aromatic nitrogens is 1. The SMILES string of the molecule is N#Cc1ccc2oc3c([Si](C4=CCCC=C4)(C4=CC=CCC4)c4ccccc4)cc(-n4c5ccccc5c5ccccc54)cc3c2c1. The lowest BCUT2D eigenvalue weighted by atomic mass is 10.1. The molecule has 0 amide bonds. The summed E-state index contributed by atoms with van der Waals surface area (Å²) in [5, 5.41) is 19.9. The Kier molecular flexibility index (Phi) is 6.48. The van der Waals surface area contributed by atoms with Crippen molar-refractivity contribution in [2.45, 2.75) is 25.7 Å². The summed E-state index contributed by atoms with van der Waals surface area (Å²) in [4.78, 5) is 0. The Bertz CT molecular complexity index is 2480. The Hall–Kier alpha value is -5.63. The van der Waals surface area contributed by atoms with Crippen molar-refractivity contribution in [2.75, 3.05) is 0 Å². The molecule has 0 N–H and O–H groups in total. The van der Waals surface area contributed by atoms with Crippen LogP contribution >= 0.6 is 0 Å². The minimum absolute atomic E-state index is 0.633. The fourth-order valence-corrected chi connectivity index (χ4v) is 13.4. The van der Waals surface area contributed by atoms with Crippen LogP contribution in [-0.2, 0) is 0 Å². The van der Waals surface area contributed by atoms with Crippen LogP contribution < -0.4 is 10.4 Å². The third-order valence-corrected chi connectivity index (χ3v) is 15.1. The molecule has 2 heterocycles. The number of hydrogen-bond donors (Lipinski definition) is 0. The lowest BCUT2D eigenvalue weighted by Crippen LogP contribution is -2.62. The van der Waals surface area contributed by atoms with Gasteiger partial charge in [0.25, 0.3) is 0 Å². The second kappa shape index (κ2) is 11.0. The molecule has 0 aliphatic heterocycles. The Morgan fingerprint density at radius 1 is 0.702 bits per heavy atom. The second-order valence-corrected chi connectivity index (χ2v) is 16.4. The van der Waals surface area contributed by atoms with E-state index in [1.165, 1.54) is 42.6 Å². The zero-order valence-electron chi connectivity index (χ0n) is 26.0. The molecule has 4 heteroatoms. The monoisotopic (exact) mass is 620 g/mol. The Morgan fingerprint density at radius 2 is 1.47 bits per heavy atom. The molecule has 5 aromatic carbocycles. The lowest BCUT2D eigenvalue weighted by Gasteiger charge is -2.38. The fraction of sp³-hybridized carbons (Fsp3) is 0.0930. The van der Waals surface area contributed by atoms with E-state index in [4.69, 9.17) is 4.42 Å². The normalized spacial score (nSPS) is 16.0. The Morgan fingerprint density at radius 3 is 2.17 bits per heavy atom. The van der Waals surface area contributed by atoms with E-state index in [0.29, 0.717) is 5.56 Å². The summed E-state index contributed by atoms with van der Waals surface area (Å²) < 4.78 is 9.38. The van der Waals surface area contributed by atoms with Crippen LogP contribution in [0.15, 0.2) is 160 Å². The molecule has 1 unspecified atom stereocenters. The fourth-order valence-electron chi connectivity index (χ4n) is 8.06. The summed E-state index contributed by atoms with van der Waals surface area (Å²) in [6.07, 6.45) is 18.3. The van der Waals surface area contributed by atoms with Crippen LogP contribution in [0.1, 0.15) is 31.2 Å². The minimum atomic E-state index is -2.86. The average molecular weight is 621 g/mol. The molecule has 0 bridgehead atoms. The van der Waals surface area contributed by atoms with Crippen LogP contribution in [0.4, 0.5) is 0 Å². The molecule has 2 aromatic heterocycles.